The molecule has 0 amide bonds. The molecule has 0 aliphatic heterocycles. The summed E-state index contributed by atoms with van der Waals surface area (Å²) in [7, 11) is 0. The summed E-state index contributed by atoms with van der Waals surface area (Å²) in [6.45, 7) is 4.26. The molecule has 0 fully saturated rings. The number of pyridine rings is 1. The first-order chi connectivity index (χ1) is 9.70. The molecule has 0 radical (unpaired) electrons. The van der Waals surface area contributed by atoms with Crippen molar-refractivity contribution in [2.45, 2.75) is 20.3 Å². The number of hydrogen-bond acceptors (Lipinski definition) is 1. The van der Waals surface area contributed by atoms with Gasteiger partial charge in [0.25, 0.3) is 0 Å². The van der Waals surface area contributed by atoms with Gasteiger partial charge in [-0.15, -0.1) is 0 Å². The molecule has 1 aromatic heterocycles. The van der Waals surface area contributed by atoms with Gasteiger partial charge in [0, 0.05) is 16.1 Å². The molecule has 0 atom stereocenters. The normalized spacial score (nSPS) is 10.9. The summed E-state index contributed by atoms with van der Waals surface area (Å²) in [5, 5.41) is 1.88. The van der Waals surface area contributed by atoms with E-state index < -0.39 is 0 Å². The Bertz CT molecular complexity index is 763. The SMILES string of the molecule is CCc1c(C)nc2ccc(Cl)cc2c1-c1ccccc1. The van der Waals surface area contributed by atoms with Crippen LogP contribution < -0.4 is 0 Å². The van der Waals surface area contributed by atoms with Gasteiger partial charge < -0.3 is 0 Å². The lowest BCUT2D eigenvalue weighted by Gasteiger charge is -2.15. The van der Waals surface area contributed by atoms with Crippen LogP contribution in [0.2, 0.25) is 5.02 Å². The quantitative estimate of drug-likeness (QED) is 0.611. The molecule has 0 unspecified atom stereocenters. The molecule has 2 aromatic carbocycles. The van der Waals surface area contributed by atoms with Crippen LogP contribution >= 0.6 is 11.6 Å². The first-order valence-electron chi connectivity index (χ1n) is 6.85. The standard InChI is InChI=1S/C18H16ClN/c1-3-15-12(2)20-17-10-9-14(19)11-16(17)18(15)13-7-5-4-6-8-13/h4-11H,3H2,1-2H3. The number of benzene rings is 2. The van der Waals surface area contributed by atoms with E-state index in [4.69, 9.17) is 16.6 Å². The molecule has 20 heavy (non-hydrogen) atoms. The highest BCUT2D eigenvalue weighted by Gasteiger charge is 2.13. The predicted octanol–water partition coefficient (Wildman–Crippen LogP) is 5.43. The first kappa shape index (κ1) is 13.1. The van der Waals surface area contributed by atoms with Crippen LogP contribution in [0.25, 0.3) is 22.0 Å². The van der Waals surface area contributed by atoms with Gasteiger partial charge in [0.15, 0.2) is 0 Å². The van der Waals surface area contributed by atoms with Crippen LogP contribution in [0.4, 0.5) is 0 Å². The van der Waals surface area contributed by atoms with E-state index in [1.165, 1.54) is 16.7 Å². The fraction of sp³-hybridized carbons (Fsp3) is 0.167. The van der Waals surface area contributed by atoms with Crippen molar-refractivity contribution in [1.82, 2.24) is 4.98 Å². The summed E-state index contributed by atoms with van der Waals surface area (Å²) in [5.74, 6) is 0. The van der Waals surface area contributed by atoms with Crippen molar-refractivity contribution in [3.05, 3.63) is 64.8 Å². The highest BCUT2D eigenvalue weighted by molar-refractivity contribution is 6.31. The molecule has 1 nitrogen and oxygen atoms in total. The Hall–Kier alpha value is -1.86. The second kappa shape index (κ2) is 5.26. The van der Waals surface area contributed by atoms with Crippen molar-refractivity contribution in [1.29, 1.82) is 0 Å². The van der Waals surface area contributed by atoms with Crippen molar-refractivity contribution in [3.63, 3.8) is 0 Å². The molecule has 3 rings (SSSR count). The van der Waals surface area contributed by atoms with Gasteiger partial charge in [-0.3, -0.25) is 4.98 Å². The number of rotatable bonds is 2. The molecular formula is C18H16ClN. The fourth-order valence-corrected chi connectivity index (χ4v) is 2.94. The molecule has 0 bridgehead atoms. The number of aromatic nitrogens is 1. The lowest BCUT2D eigenvalue weighted by Crippen LogP contribution is -1.97. The maximum absolute atomic E-state index is 6.19. The van der Waals surface area contributed by atoms with Crippen LogP contribution in [0.15, 0.2) is 48.5 Å². The van der Waals surface area contributed by atoms with Crippen LogP contribution in [-0.4, -0.2) is 4.98 Å². The van der Waals surface area contributed by atoms with Gasteiger partial charge in [0.05, 0.1) is 5.52 Å². The Balaban J connectivity index is 2.45. The number of aryl methyl sites for hydroxylation is 1. The Morgan fingerprint density at radius 2 is 1.80 bits per heavy atom. The minimum absolute atomic E-state index is 0.752. The third kappa shape index (κ3) is 2.19. The molecular weight excluding hydrogens is 266 g/mol. The molecule has 0 saturated heterocycles. The topological polar surface area (TPSA) is 12.9 Å². The second-order valence-corrected chi connectivity index (χ2v) is 5.37. The summed E-state index contributed by atoms with van der Waals surface area (Å²) < 4.78 is 0. The van der Waals surface area contributed by atoms with E-state index in [-0.39, 0.29) is 0 Å². The molecule has 0 aliphatic rings. The van der Waals surface area contributed by atoms with Crippen LogP contribution in [0.3, 0.4) is 0 Å². The molecule has 0 spiro atoms. The molecule has 0 saturated carbocycles. The zero-order chi connectivity index (χ0) is 14.1. The van der Waals surface area contributed by atoms with Gasteiger partial charge in [0.2, 0.25) is 0 Å². The van der Waals surface area contributed by atoms with Crippen LogP contribution in [0.1, 0.15) is 18.2 Å². The summed E-state index contributed by atoms with van der Waals surface area (Å²) in [6, 6.07) is 16.4. The highest BCUT2D eigenvalue weighted by Crippen LogP contribution is 2.34. The maximum atomic E-state index is 6.19. The lowest BCUT2D eigenvalue weighted by atomic mass is 9.93. The first-order valence-corrected chi connectivity index (χ1v) is 7.22. The zero-order valence-electron chi connectivity index (χ0n) is 11.7. The predicted molar refractivity (Wildman–Crippen MR) is 86.3 cm³/mol. The van der Waals surface area contributed by atoms with Crippen LogP contribution in [0.5, 0.6) is 0 Å². The maximum Gasteiger partial charge on any atom is 0.0712 e. The second-order valence-electron chi connectivity index (χ2n) is 4.93. The summed E-state index contributed by atoms with van der Waals surface area (Å²) >= 11 is 6.19. The molecule has 0 N–H and O–H groups in total. The van der Waals surface area contributed by atoms with E-state index in [0.29, 0.717) is 0 Å². The molecule has 2 heteroatoms. The third-order valence-electron chi connectivity index (χ3n) is 3.67. The van der Waals surface area contributed by atoms with E-state index in [1.807, 2.05) is 24.3 Å². The molecule has 100 valence electrons. The zero-order valence-corrected chi connectivity index (χ0v) is 12.4. The van der Waals surface area contributed by atoms with Gasteiger partial charge in [-0.05, 0) is 48.2 Å². The monoisotopic (exact) mass is 281 g/mol. The molecule has 1 heterocycles. The van der Waals surface area contributed by atoms with Gasteiger partial charge in [-0.25, -0.2) is 0 Å². The minimum Gasteiger partial charge on any atom is -0.253 e. The van der Waals surface area contributed by atoms with Gasteiger partial charge in [-0.1, -0.05) is 48.9 Å². The summed E-state index contributed by atoms with van der Waals surface area (Å²) in [6.07, 6.45) is 0.964. The third-order valence-corrected chi connectivity index (χ3v) is 3.91. The molecule has 3 aromatic rings. The largest absolute Gasteiger partial charge is 0.253 e. The molecule has 0 aliphatic carbocycles. The Labute approximate surface area is 124 Å². The number of nitrogens with zero attached hydrogens (tertiary/aromatic N) is 1. The van der Waals surface area contributed by atoms with Gasteiger partial charge in [0.1, 0.15) is 0 Å². The number of fused-ring (bicyclic) bond motifs is 1. The van der Waals surface area contributed by atoms with Crippen molar-refractivity contribution in [2.75, 3.05) is 0 Å². The van der Waals surface area contributed by atoms with Crippen LogP contribution in [0, 0.1) is 6.92 Å². The summed E-state index contributed by atoms with van der Waals surface area (Å²) in [4.78, 5) is 4.72. The average molecular weight is 282 g/mol. The fourth-order valence-electron chi connectivity index (χ4n) is 2.76. The van der Waals surface area contributed by atoms with E-state index >= 15 is 0 Å². The van der Waals surface area contributed by atoms with Gasteiger partial charge in [-0.2, -0.15) is 0 Å². The number of hydrogen-bond donors (Lipinski definition) is 0. The smallest absolute Gasteiger partial charge is 0.0712 e. The van der Waals surface area contributed by atoms with Gasteiger partial charge >= 0.3 is 0 Å². The number of halogens is 1. The summed E-state index contributed by atoms with van der Waals surface area (Å²) in [5.41, 5.74) is 5.88. The van der Waals surface area contributed by atoms with E-state index in [1.54, 1.807) is 0 Å². The van der Waals surface area contributed by atoms with Crippen LogP contribution in [-0.2, 0) is 6.42 Å². The lowest BCUT2D eigenvalue weighted by molar-refractivity contribution is 1.07. The van der Waals surface area contributed by atoms with E-state index in [2.05, 4.69) is 38.1 Å². The van der Waals surface area contributed by atoms with E-state index in [9.17, 15) is 0 Å². The van der Waals surface area contributed by atoms with Crippen molar-refractivity contribution < 1.29 is 0 Å². The Kier molecular flexibility index (Phi) is 3.45. The average Bonchev–Trinajstić information content (AvgIpc) is 2.47. The minimum atomic E-state index is 0.752. The van der Waals surface area contributed by atoms with E-state index in [0.717, 1.165) is 28.0 Å². The van der Waals surface area contributed by atoms with Crippen molar-refractivity contribution in [2.24, 2.45) is 0 Å². The van der Waals surface area contributed by atoms with Crippen molar-refractivity contribution in [3.8, 4) is 11.1 Å². The highest BCUT2D eigenvalue weighted by atomic mass is 35.5. The Morgan fingerprint density at radius 1 is 1.05 bits per heavy atom. The Morgan fingerprint density at radius 3 is 2.50 bits per heavy atom. The van der Waals surface area contributed by atoms with Crippen molar-refractivity contribution >= 4 is 22.5 Å².